The van der Waals surface area contributed by atoms with Crippen LogP contribution in [0.2, 0.25) is 0 Å². The van der Waals surface area contributed by atoms with Gasteiger partial charge in [0.15, 0.2) is 5.78 Å². The highest BCUT2D eigenvalue weighted by molar-refractivity contribution is 7.54. The van der Waals surface area contributed by atoms with Crippen molar-refractivity contribution in [3.05, 3.63) is 59.7 Å². The minimum absolute atomic E-state index is 0.309. The third-order valence-electron chi connectivity index (χ3n) is 3.81. The second-order valence-electron chi connectivity index (χ2n) is 5.51. The second-order valence-corrected chi connectivity index (χ2v) is 7.62. The van der Waals surface area contributed by atoms with Crippen LogP contribution in [-0.4, -0.2) is 20.3 Å². The molecule has 5 nitrogen and oxygen atoms in total. The van der Waals surface area contributed by atoms with Gasteiger partial charge < -0.3 is 19.1 Å². The first kappa shape index (κ1) is 19.5. The monoisotopic (exact) mass is 363 g/mol. The lowest BCUT2D eigenvalue weighted by molar-refractivity contribution is 0.214. The molecule has 2 aromatic carbocycles. The molecule has 0 saturated carbocycles. The molecule has 2 aromatic rings. The summed E-state index contributed by atoms with van der Waals surface area (Å²) in [7, 11) is -1.78. The van der Waals surface area contributed by atoms with E-state index in [0.717, 1.165) is 22.6 Å². The number of benzene rings is 2. The highest BCUT2D eigenvalue weighted by atomic mass is 31.2. The summed E-state index contributed by atoms with van der Waals surface area (Å²) in [6.07, 6.45) is 0. The van der Waals surface area contributed by atoms with Crippen molar-refractivity contribution in [1.29, 1.82) is 0 Å². The lowest BCUT2D eigenvalue weighted by Crippen LogP contribution is -2.16. The summed E-state index contributed by atoms with van der Waals surface area (Å²) >= 11 is 0. The fourth-order valence-electron chi connectivity index (χ4n) is 2.61. The Kier molecular flexibility index (Phi) is 7.06. The van der Waals surface area contributed by atoms with E-state index < -0.39 is 13.4 Å². The summed E-state index contributed by atoms with van der Waals surface area (Å²) in [4.78, 5) is 0. The van der Waals surface area contributed by atoms with Gasteiger partial charge in [-0.25, -0.2) is 0 Å². The van der Waals surface area contributed by atoms with E-state index >= 15 is 0 Å². The zero-order valence-electron chi connectivity index (χ0n) is 15.2. The number of anilines is 1. The molecule has 0 aliphatic heterocycles. The Morgan fingerprint density at radius 2 is 1.60 bits per heavy atom. The SMILES string of the molecule is CCOP(=O)(OCC)C(Nc1ccc(OC)cc1)c1ccccc1C. The zero-order valence-corrected chi connectivity index (χ0v) is 16.1. The molecular formula is C19H26NO4P. The van der Waals surface area contributed by atoms with Crippen molar-refractivity contribution in [1.82, 2.24) is 0 Å². The van der Waals surface area contributed by atoms with Crippen LogP contribution < -0.4 is 10.1 Å². The van der Waals surface area contributed by atoms with Crippen LogP contribution in [0.3, 0.4) is 0 Å². The molecule has 0 heterocycles. The standard InChI is InChI=1S/C19H26NO4P/c1-5-23-25(21,24-6-2)19(18-10-8-7-9-15(18)3)20-16-11-13-17(22-4)14-12-16/h7-14,19-20H,5-6H2,1-4H3. The van der Waals surface area contributed by atoms with Crippen molar-refractivity contribution in [3.8, 4) is 5.75 Å². The van der Waals surface area contributed by atoms with Gasteiger partial charge in [0.1, 0.15) is 5.75 Å². The van der Waals surface area contributed by atoms with Crippen molar-refractivity contribution in [2.45, 2.75) is 26.6 Å². The molecule has 0 amide bonds. The zero-order chi connectivity index (χ0) is 18.3. The fourth-order valence-corrected chi connectivity index (χ4v) is 4.64. The van der Waals surface area contributed by atoms with E-state index in [2.05, 4.69) is 5.32 Å². The molecule has 0 bridgehead atoms. The molecule has 1 N–H and O–H groups in total. The van der Waals surface area contributed by atoms with E-state index in [1.54, 1.807) is 7.11 Å². The molecule has 6 heteroatoms. The van der Waals surface area contributed by atoms with E-state index in [1.165, 1.54) is 0 Å². The van der Waals surface area contributed by atoms with Crippen LogP contribution in [0.15, 0.2) is 48.5 Å². The highest BCUT2D eigenvalue weighted by Gasteiger charge is 2.37. The molecule has 0 aliphatic carbocycles. The first-order chi connectivity index (χ1) is 12.0. The van der Waals surface area contributed by atoms with Gasteiger partial charge in [0.2, 0.25) is 0 Å². The topological polar surface area (TPSA) is 56.8 Å². The molecule has 1 unspecified atom stereocenters. The van der Waals surface area contributed by atoms with Gasteiger partial charge in [0.25, 0.3) is 0 Å². The smallest absolute Gasteiger partial charge is 0.357 e. The Hall–Kier alpha value is -1.81. The lowest BCUT2D eigenvalue weighted by Gasteiger charge is -2.29. The summed E-state index contributed by atoms with van der Waals surface area (Å²) in [5.74, 6) is 0.165. The van der Waals surface area contributed by atoms with Crippen LogP contribution in [0, 0.1) is 6.92 Å². The van der Waals surface area contributed by atoms with Gasteiger partial charge in [-0.15, -0.1) is 0 Å². The van der Waals surface area contributed by atoms with Gasteiger partial charge in [0, 0.05) is 5.69 Å². The van der Waals surface area contributed by atoms with Crippen molar-refractivity contribution in [3.63, 3.8) is 0 Å². The summed E-state index contributed by atoms with van der Waals surface area (Å²) in [5, 5.41) is 3.33. The Labute approximate surface area is 149 Å². The lowest BCUT2D eigenvalue weighted by atomic mass is 10.1. The summed E-state index contributed by atoms with van der Waals surface area (Å²) in [6.45, 7) is 6.23. The van der Waals surface area contributed by atoms with Gasteiger partial charge in [-0.2, -0.15) is 0 Å². The minimum Gasteiger partial charge on any atom is -0.497 e. The molecule has 2 rings (SSSR count). The van der Waals surface area contributed by atoms with E-state index in [0.29, 0.717) is 13.2 Å². The summed E-state index contributed by atoms with van der Waals surface area (Å²) in [5.41, 5.74) is 2.73. The first-order valence-electron chi connectivity index (χ1n) is 8.39. The predicted octanol–water partition coefficient (Wildman–Crippen LogP) is 5.38. The Morgan fingerprint density at radius 1 is 1.00 bits per heavy atom. The maximum Gasteiger partial charge on any atom is 0.357 e. The molecule has 1 atom stereocenters. The predicted molar refractivity (Wildman–Crippen MR) is 101 cm³/mol. The third kappa shape index (κ3) is 4.85. The van der Waals surface area contributed by atoms with Gasteiger partial charge >= 0.3 is 7.60 Å². The molecule has 0 spiro atoms. The number of ether oxygens (including phenoxy) is 1. The van der Waals surface area contributed by atoms with Crippen LogP contribution >= 0.6 is 7.60 Å². The summed E-state index contributed by atoms with van der Waals surface area (Å²) < 4.78 is 29.9. The molecule has 0 saturated heterocycles. The number of aryl methyl sites for hydroxylation is 1. The molecule has 136 valence electrons. The highest BCUT2D eigenvalue weighted by Crippen LogP contribution is 2.61. The fraction of sp³-hybridized carbons (Fsp3) is 0.368. The Morgan fingerprint density at radius 3 is 2.12 bits per heavy atom. The minimum atomic E-state index is -3.40. The van der Waals surface area contributed by atoms with Crippen molar-refractivity contribution >= 4 is 13.3 Å². The van der Waals surface area contributed by atoms with Crippen molar-refractivity contribution in [2.24, 2.45) is 0 Å². The van der Waals surface area contributed by atoms with E-state index in [1.807, 2.05) is 69.3 Å². The van der Waals surface area contributed by atoms with Crippen LogP contribution in [0.5, 0.6) is 5.75 Å². The van der Waals surface area contributed by atoms with E-state index in [9.17, 15) is 4.57 Å². The number of rotatable bonds is 9. The normalized spacial score (nSPS) is 12.6. The average molecular weight is 363 g/mol. The maximum absolute atomic E-state index is 13.5. The molecule has 25 heavy (non-hydrogen) atoms. The molecule has 0 radical (unpaired) electrons. The van der Waals surface area contributed by atoms with Crippen LogP contribution in [0.25, 0.3) is 0 Å². The van der Waals surface area contributed by atoms with Crippen LogP contribution in [-0.2, 0) is 13.6 Å². The van der Waals surface area contributed by atoms with Crippen LogP contribution in [0.1, 0.15) is 30.8 Å². The van der Waals surface area contributed by atoms with Gasteiger partial charge in [-0.05, 0) is 56.2 Å². The first-order valence-corrected chi connectivity index (χ1v) is 10.00. The second kappa shape index (κ2) is 9.04. The molecular weight excluding hydrogens is 337 g/mol. The summed E-state index contributed by atoms with van der Waals surface area (Å²) in [6, 6.07) is 15.3. The molecule has 0 aromatic heterocycles. The van der Waals surface area contributed by atoms with Gasteiger partial charge in [-0.1, -0.05) is 24.3 Å². The largest absolute Gasteiger partial charge is 0.497 e. The number of methoxy groups -OCH3 is 1. The maximum atomic E-state index is 13.5. The quantitative estimate of drug-likeness (QED) is 0.606. The third-order valence-corrected chi connectivity index (χ3v) is 6.09. The number of hydrogen-bond acceptors (Lipinski definition) is 5. The van der Waals surface area contributed by atoms with Crippen molar-refractivity contribution in [2.75, 3.05) is 25.6 Å². The number of hydrogen-bond donors (Lipinski definition) is 1. The molecule has 0 fully saturated rings. The Bertz CT molecular complexity index is 708. The van der Waals surface area contributed by atoms with E-state index in [-0.39, 0.29) is 0 Å². The molecule has 0 aliphatic rings. The van der Waals surface area contributed by atoms with Crippen molar-refractivity contribution < 1.29 is 18.3 Å². The number of nitrogens with one attached hydrogen (secondary N) is 1. The van der Waals surface area contributed by atoms with Gasteiger partial charge in [-0.3, -0.25) is 4.57 Å². The average Bonchev–Trinajstić information content (AvgIpc) is 2.61. The Balaban J connectivity index is 2.43. The van der Waals surface area contributed by atoms with E-state index in [4.69, 9.17) is 13.8 Å². The van der Waals surface area contributed by atoms with Gasteiger partial charge in [0.05, 0.1) is 20.3 Å². The van der Waals surface area contributed by atoms with Crippen LogP contribution in [0.4, 0.5) is 5.69 Å².